The molecular weight excluding hydrogens is 322 g/mol. The average molecular weight is 345 g/mol. The van der Waals surface area contributed by atoms with Crippen molar-refractivity contribution in [3.8, 4) is 0 Å². The van der Waals surface area contributed by atoms with Crippen LogP contribution >= 0.6 is 11.3 Å². The van der Waals surface area contributed by atoms with Crippen molar-refractivity contribution in [1.29, 1.82) is 0 Å². The number of ether oxygens (including phenoxy) is 1. The summed E-state index contributed by atoms with van der Waals surface area (Å²) < 4.78 is 5.17. The van der Waals surface area contributed by atoms with E-state index >= 15 is 0 Å². The van der Waals surface area contributed by atoms with Crippen LogP contribution in [0.2, 0.25) is 0 Å². The number of aliphatic hydroxyl groups excluding tert-OH is 1. The molecule has 24 heavy (non-hydrogen) atoms. The molecule has 3 rings (SSSR count). The van der Waals surface area contributed by atoms with Crippen LogP contribution in [0.25, 0.3) is 0 Å². The minimum atomic E-state index is -0.318. The number of rotatable bonds is 5. The van der Waals surface area contributed by atoms with Gasteiger partial charge in [-0.2, -0.15) is 0 Å². The third-order valence-corrected chi connectivity index (χ3v) is 5.99. The van der Waals surface area contributed by atoms with Gasteiger partial charge in [-0.3, -0.25) is 0 Å². The number of anilines is 1. The van der Waals surface area contributed by atoms with Gasteiger partial charge in [-0.15, -0.1) is 11.3 Å². The third-order valence-electron chi connectivity index (χ3n) is 4.93. The van der Waals surface area contributed by atoms with Crippen molar-refractivity contribution in [2.24, 2.45) is 0 Å². The van der Waals surface area contributed by atoms with E-state index in [1.165, 1.54) is 16.9 Å². The second-order valence-electron chi connectivity index (χ2n) is 6.26. The molecule has 128 valence electrons. The molecule has 0 saturated heterocycles. The standard InChI is InChI=1S/C19H23NO3S/c1-2-23-18(22)16-14-8-9-19(10-11-21,12-15(14)24-17(16)20)13-6-4-3-5-7-13/h3-7,21H,2,8-12,20H2,1H3. The van der Waals surface area contributed by atoms with Gasteiger partial charge in [-0.05, 0) is 43.7 Å². The fourth-order valence-corrected chi connectivity index (χ4v) is 4.99. The van der Waals surface area contributed by atoms with Gasteiger partial charge in [0.25, 0.3) is 0 Å². The number of hydrogen-bond acceptors (Lipinski definition) is 5. The molecule has 0 fully saturated rings. The molecule has 1 atom stereocenters. The second kappa shape index (κ2) is 6.95. The van der Waals surface area contributed by atoms with E-state index < -0.39 is 0 Å². The normalized spacial score (nSPS) is 19.8. The van der Waals surface area contributed by atoms with Gasteiger partial charge < -0.3 is 15.6 Å². The Morgan fingerprint density at radius 3 is 2.79 bits per heavy atom. The van der Waals surface area contributed by atoms with E-state index in [0.29, 0.717) is 23.6 Å². The number of carbonyl (C=O) groups is 1. The molecule has 1 unspecified atom stereocenters. The summed E-state index contributed by atoms with van der Waals surface area (Å²) in [5.74, 6) is -0.318. The smallest absolute Gasteiger partial charge is 0.341 e. The summed E-state index contributed by atoms with van der Waals surface area (Å²) >= 11 is 1.49. The maximum Gasteiger partial charge on any atom is 0.341 e. The first-order valence-electron chi connectivity index (χ1n) is 8.35. The Morgan fingerprint density at radius 2 is 2.12 bits per heavy atom. The van der Waals surface area contributed by atoms with E-state index in [4.69, 9.17) is 10.5 Å². The number of carbonyl (C=O) groups excluding carboxylic acids is 1. The molecule has 0 bridgehead atoms. The van der Waals surface area contributed by atoms with Crippen LogP contribution in [-0.4, -0.2) is 24.3 Å². The van der Waals surface area contributed by atoms with Crippen LogP contribution in [0.1, 0.15) is 46.1 Å². The van der Waals surface area contributed by atoms with Gasteiger partial charge in [0, 0.05) is 16.9 Å². The number of hydrogen-bond donors (Lipinski definition) is 2. The van der Waals surface area contributed by atoms with Gasteiger partial charge in [0.1, 0.15) is 5.00 Å². The summed E-state index contributed by atoms with van der Waals surface area (Å²) in [6, 6.07) is 10.3. The first-order valence-corrected chi connectivity index (χ1v) is 9.16. The third kappa shape index (κ3) is 2.94. The summed E-state index contributed by atoms with van der Waals surface area (Å²) in [7, 11) is 0. The van der Waals surface area contributed by atoms with Gasteiger partial charge >= 0.3 is 5.97 Å². The molecule has 0 radical (unpaired) electrons. The lowest BCUT2D eigenvalue weighted by molar-refractivity contribution is 0.0526. The molecule has 0 saturated carbocycles. The van der Waals surface area contributed by atoms with Crippen LogP contribution in [0.3, 0.4) is 0 Å². The van der Waals surface area contributed by atoms with Crippen LogP contribution in [0.15, 0.2) is 30.3 Å². The van der Waals surface area contributed by atoms with Crippen LogP contribution in [0.4, 0.5) is 5.00 Å². The van der Waals surface area contributed by atoms with Gasteiger partial charge in [0.2, 0.25) is 0 Å². The van der Waals surface area contributed by atoms with Crippen LogP contribution in [0, 0.1) is 0 Å². The van der Waals surface area contributed by atoms with Gasteiger partial charge in [0.05, 0.1) is 12.2 Å². The lowest BCUT2D eigenvalue weighted by Gasteiger charge is -2.37. The Balaban J connectivity index is 1.99. The molecule has 1 aliphatic carbocycles. The molecular formula is C19H23NO3S. The highest BCUT2D eigenvalue weighted by Crippen LogP contribution is 2.46. The predicted octanol–water partition coefficient (Wildman–Crippen LogP) is 3.32. The number of benzene rings is 1. The van der Waals surface area contributed by atoms with E-state index in [1.54, 1.807) is 6.92 Å². The zero-order valence-electron chi connectivity index (χ0n) is 13.9. The lowest BCUT2D eigenvalue weighted by Crippen LogP contribution is -2.34. The van der Waals surface area contributed by atoms with E-state index in [-0.39, 0.29) is 18.0 Å². The fourth-order valence-electron chi connectivity index (χ4n) is 3.74. The number of nitrogens with two attached hydrogens (primary N) is 1. The number of nitrogen functional groups attached to an aromatic ring is 1. The Labute approximate surface area is 146 Å². The molecule has 2 aromatic rings. The van der Waals surface area contributed by atoms with Crippen LogP contribution in [-0.2, 0) is 23.0 Å². The van der Waals surface area contributed by atoms with Gasteiger partial charge in [-0.25, -0.2) is 4.79 Å². The van der Waals surface area contributed by atoms with E-state index in [2.05, 4.69) is 12.1 Å². The topological polar surface area (TPSA) is 72.5 Å². The molecule has 1 aromatic heterocycles. The Kier molecular flexibility index (Phi) is 4.92. The maximum absolute atomic E-state index is 12.2. The van der Waals surface area contributed by atoms with Crippen LogP contribution in [0.5, 0.6) is 0 Å². The van der Waals surface area contributed by atoms with Crippen molar-refractivity contribution >= 4 is 22.3 Å². The van der Waals surface area contributed by atoms with E-state index in [0.717, 1.165) is 29.7 Å². The average Bonchev–Trinajstić information content (AvgIpc) is 2.91. The molecule has 5 heteroatoms. The number of thiophene rings is 1. The Bertz CT molecular complexity index is 726. The second-order valence-corrected chi connectivity index (χ2v) is 7.40. The monoisotopic (exact) mass is 345 g/mol. The molecule has 1 heterocycles. The fraction of sp³-hybridized carbons (Fsp3) is 0.421. The highest BCUT2D eigenvalue weighted by Gasteiger charge is 2.39. The molecule has 1 aromatic carbocycles. The first-order chi connectivity index (χ1) is 11.6. The van der Waals surface area contributed by atoms with Crippen molar-refractivity contribution in [1.82, 2.24) is 0 Å². The van der Waals surface area contributed by atoms with Crippen molar-refractivity contribution < 1.29 is 14.6 Å². The lowest BCUT2D eigenvalue weighted by atomic mass is 9.67. The van der Waals surface area contributed by atoms with Crippen molar-refractivity contribution in [2.75, 3.05) is 18.9 Å². The Morgan fingerprint density at radius 1 is 1.38 bits per heavy atom. The summed E-state index contributed by atoms with van der Waals surface area (Å²) in [5, 5.41) is 10.2. The maximum atomic E-state index is 12.2. The molecule has 1 aliphatic rings. The Hall–Kier alpha value is -1.85. The first kappa shape index (κ1) is 17.0. The van der Waals surface area contributed by atoms with E-state index in [9.17, 15) is 9.90 Å². The highest BCUT2D eigenvalue weighted by molar-refractivity contribution is 7.16. The molecule has 0 amide bonds. The zero-order chi connectivity index (χ0) is 17.2. The minimum absolute atomic E-state index is 0.0910. The van der Waals surface area contributed by atoms with Gasteiger partial charge in [-0.1, -0.05) is 30.3 Å². The number of fused-ring (bicyclic) bond motifs is 1. The van der Waals surface area contributed by atoms with Crippen LogP contribution < -0.4 is 5.73 Å². The largest absolute Gasteiger partial charge is 0.462 e. The molecule has 0 aliphatic heterocycles. The van der Waals surface area contributed by atoms with Crippen molar-refractivity contribution in [3.05, 3.63) is 51.9 Å². The van der Waals surface area contributed by atoms with E-state index in [1.807, 2.05) is 18.2 Å². The van der Waals surface area contributed by atoms with Crippen molar-refractivity contribution in [3.63, 3.8) is 0 Å². The molecule has 0 spiro atoms. The quantitative estimate of drug-likeness (QED) is 0.816. The minimum Gasteiger partial charge on any atom is -0.462 e. The predicted molar refractivity (Wildman–Crippen MR) is 96.5 cm³/mol. The SMILES string of the molecule is CCOC(=O)c1c(N)sc2c1CCC(CCO)(c1ccccc1)C2. The highest BCUT2D eigenvalue weighted by atomic mass is 32.1. The zero-order valence-corrected chi connectivity index (χ0v) is 14.7. The molecule has 4 nitrogen and oxygen atoms in total. The number of esters is 1. The summed E-state index contributed by atoms with van der Waals surface area (Å²) in [4.78, 5) is 13.4. The molecule has 3 N–H and O–H groups in total. The summed E-state index contributed by atoms with van der Waals surface area (Å²) in [6.07, 6.45) is 3.20. The summed E-state index contributed by atoms with van der Waals surface area (Å²) in [5.41, 5.74) is 8.88. The van der Waals surface area contributed by atoms with Gasteiger partial charge in [0.15, 0.2) is 0 Å². The number of aliphatic hydroxyl groups is 1. The summed E-state index contributed by atoms with van der Waals surface area (Å²) in [6.45, 7) is 2.30. The van der Waals surface area contributed by atoms with Crippen molar-refractivity contribution in [2.45, 2.75) is 38.0 Å².